The van der Waals surface area contributed by atoms with Gasteiger partial charge in [-0.2, -0.15) is 0 Å². The molecule has 19 heavy (non-hydrogen) atoms. The van der Waals surface area contributed by atoms with Gasteiger partial charge in [0.1, 0.15) is 5.82 Å². The number of halogens is 1. The predicted octanol–water partition coefficient (Wildman–Crippen LogP) is 0.934. The molecule has 0 aliphatic carbocycles. The Kier molecular flexibility index (Phi) is 4.87. The van der Waals surface area contributed by atoms with Crippen molar-refractivity contribution in [1.29, 1.82) is 0 Å². The third-order valence-corrected chi connectivity index (χ3v) is 3.46. The van der Waals surface area contributed by atoms with Gasteiger partial charge in [-0.15, -0.1) is 0 Å². The molecule has 1 saturated heterocycles. The molecule has 1 aliphatic rings. The van der Waals surface area contributed by atoms with Crippen molar-refractivity contribution in [2.75, 3.05) is 13.1 Å². The maximum Gasteiger partial charge on any atom is 0.223 e. The summed E-state index contributed by atoms with van der Waals surface area (Å²) >= 11 is 0. The standard InChI is InChI=1S/C14H19FN2O2/c15-13-7-10(1-2-12(13)9-18)8-17-14(19)11-3-5-16-6-4-11/h1-2,7,11,16,18H,3-6,8-9H2,(H,17,19). The molecule has 0 radical (unpaired) electrons. The van der Waals surface area contributed by atoms with Crippen molar-refractivity contribution in [3.05, 3.63) is 35.1 Å². The molecule has 0 atom stereocenters. The molecular formula is C14H19FN2O2. The number of hydrogen-bond acceptors (Lipinski definition) is 3. The zero-order chi connectivity index (χ0) is 13.7. The van der Waals surface area contributed by atoms with Crippen LogP contribution in [-0.2, 0) is 17.9 Å². The Morgan fingerprint density at radius 2 is 2.16 bits per heavy atom. The number of aliphatic hydroxyl groups excluding tert-OH is 1. The lowest BCUT2D eigenvalue weighted by molar-refractivity contribution is -0.125. The monoisotopic (exact) mass is 266 g/mol. The zero-order valence-electron chi connectivity index (χ0n) is 10.8. The third kappa shape index (κ3) is 3.75. The fourth-order valence-electron chi connectivity index (χ4n) is 2.25. The van der Waals surface area contributed by atoms with Crippen LogP contribution in [0.1, 0.15) is 24.0 Å². The molecule has 5 heteroatoms. The van der Waals surface area contributed by atoms with Gasteiger partial charge in [0, 0.05) is 18.0 Å². The number of piperidine rings is 1. The van der Waals surface area contributed by atoms with Crippen LogP contribution in [0.3, 0.4) is 0 Å². The summed E-state index contributed by atoms with van der Waals surface area (Å²) in [5.41, 5.74) is 0.977. The SMILES string of the molecule is O=C(NCc1ccc(CO)c(F)c1)C1CCNCC1. The molecule has 0 spiro atoms. The summed E-state index contributed by atoms with van der Waals surface area (Å²) in [4.78, 5) is 11.9. The number of nitrogens with one attached hydrogen (secondary N) is 2. The largest absolute Gasteiger partial charge is 0.392 e. The molecule has 1 amide bonds. The Bertz CT molecular complexity index is 445. The Balaban J connectivity index is 1.87. The highest BCUT2D eigenvalue weighted by Crippen LogP contribution is 2.13. The minimum Gasteiger partial charge on any atom is -0.392 e. The van der Waals surface area contributed by atoms with Crippen LogP contribution in [-0.4, -0.2) is 24.1 Å². The molecule has 0 aromatic heterocycles. The minimum atomic E-state index is -0.434. The fraction of sp³-hybridized carbons (Fsp3) is 0.500. The minimum absolute atomic E-state index is 0.0353. The van der Waals surface area contributed by atoms with E-state index in [0.29, 0.717) is 12.1 Å². The van der Waals surface area contributed by atoms with Crippen molar-refractivity contribution in [3.8, 4) is 0 Å². The first-order valence-corrected chi connectivity index (χ1v) is 6.57. The van der Waals surface area contributed by atoms with Crippen LogP contribution in [0.25, 0.3) is 0 Å². The molecule has 104 valence electrons. The number of aliphatic hydroxyl groups is 1. The van der Waals surface area contributed by atoms with Crippen molar-refractivity contribution in [1.82, 2.24) is 10.6 Å². The van der Waals surface area contributed by atoms with Crippen molar-refractivity contribution in [2.45, 2.75) is 26.0 Å². The predicted molar refractivity (Wildman–Crippen MR) is 69.8 cm³/mol. The van der Waals surface area contributed by atoms with Gasteiger partial charge in [0.2, 0.25) is 5.91 Å². The quantitative estimate of drug-likeness (QED) is 0.760. The third-order valence-electron chi connectivity index (χ3n) is 3.46. The normalized spacial score (nSPS) is 16.3. The van der Waals surface area contributed by atoms with Gasteiger partial charge in [-0.05, 0) is 37.6 Å². The summed E-state index contributed by atoms with van der Waals surface area (Å²) in [6.45, 7) is 1.76. The van der Waals surface area contributed by atoms with E-state index < -0.39 is 5.82 Å². The first-order valence-electron chi connectivity index (χ1n) is 6.57. The highest BCUT2D eigenvalue weighted by molar-refractivity contribution is 5.78. The highest BCUT2D eigenvalue weighted by Gasteiger charge is 2.20. The molecule has 1 heterocycles. The van der Waals surface area contributed by atoms with Crippen molar-refractivity contribution in [2.24, 2.45) is 5.92 Å². The Labute approximate surface area is 112 Å². The van der Waals surface area contributed by atoms with E-state index >= 15 is 0 Å². The molecular weight excluding hydrogens is 247 g/mol. The van der Waals surface area contributed by atoms with Gasteiger partial charge in [0.15, 0.2) is 0 Å². The van der Waals surface area contributed by atoms with Crippen LogP contribution >= 0.6 is 0 Å². The van der Waals surface area contributed by atoms with E-state index in [9.17, 15) is 9.18 Å². The maximum atomic E-state index is 13.4. The number of benzene rings is 1. The number of amides is 1. The zero-order valence-corrected chi connectivity index (χ0v) is 10.8. The first kappa shape index (κ1) is 14.0. The highest BCUT2D eigenvalue weighted by atomic mass is 19.1. The lowest BCUT2D eigenvalue weighted by Gasteiger charge is -2.21. The van der Waals surface area contributed by atoms with Crippen molar-refractivity contribution >= 4 is 5.91 Å². The number of carbonyl (C=O) groups is 1. The Morgan fingerprint density at radius 1 is 1.42 bits per heavy atom. The van der Waals surface area contributed by atoms with Gasteiger partial charge in [0.05, 0.1) is 6.61 Å². The smallest absolute Gasteiger partial charge is 0.223 e. The summed E-state index contributed by atoms with van der Waals surface area (Å²) in [7, 11) is 0. The number of hydrogen-bond donors (Lipinski definition) is 3. The lowest BCUT2D eigenvalue weighted by atomic mass is 9.97. The number of carbonyl (C=O) groups excluding carboxylic acids is 1. The van der Waals surface area contributed by atoms with Crippen LogP contribution < -0.4 is 10.6 Å². The van der Waals surface area contributed by atoms with Crippen LogP contribution in [0.5, 0.6) is 0 Å². The van der Waals surface area contributed by atoms with Crippen molar-refractivity contribution < 1.29 is 14.3 Å². The molecule has 3 N–H and O–H groups in total. The van der Waals surface area contributed by atoms with Gasteiger partial charge in [0.25, 0.3) is 0 Å². The van der Waals surface area contributed by atoms with Crippen LogP contribution in [0.4, 0.5) is 4.39 Å². The lowest BCUT2D eigenvalue weighted by Crippen LogP contribution is -2.37. The van der Waals surface area contributed by atoms with E-state index in [-0.39, 0.29) is 24.0 Å². The molecule has 1 aromatic carbocycles. The summed E-state index contributed by atoms with van der Waals surface area (Å²) < 4.78 is 13.4. The van der Waals surface area contributed by atoms with E-state index in [4.69, 9.17) is 5.11 Å². The summed E-state index contributed by atoms with van der Waals surface area (Å²) in [5.74, 6) is -0.341. The van der Waals surface area contributed by atoms with Crippen LogP contribution in [0.2, 0.25) is 0 Å². The average Bonchev–Trinajstić information content (AvgIpc) is 2.46. The molecule has 1 aliphatic heterocycles. The van der Waals surface area contributed by atoms with Crippen LogP contribution in [0, 0.1) is 11.7 Å². The fourth-order valence-corrected chi connectivity index (χ4v) is 2.25. The maximum absolute atomic E-state index is 13.4. The Hall–Kier alpha value is -1.46. The number of rotatable bonds is 4. The van der Waals surface area contributed by atoms with Crippen LogP contribution in [0.15, 0.2) is 18.2 Å². The molecule has 0 bridgehead atoms. The van der Waals surface area contributed by atoms with Gasteiger partial charge < -0.3 is 15.7 Å². The van der Waals surface area contributed by atoms with E-state index in [1.54, 1.807) is 12.1 Å². The first-order chi connectivity index (χ1) is 9.20. The van der Waals surface area contributed by atoms with E-state index in [1.165, 1.54) is 6.07 Å². The topological polar surface area (TPSA) is 61.4 Å². The molecule has 0 saturated carbocycles. The summed E-state index contributed by atoms with van der Waals surface area (Å²) in [6.07, 6.45) is 1.70. The summed E-state index contributed by atoms with van der Waals surface area (Å²) in [6, 6.07) is 4.62. The second kappa shape index (κ2) is 6.63. The molecule has 1 fully saturated rings. The summed E-state index contributed by atoms with van der Waals surface area (Å²) in [5, 5.41) is 14.9. The second-order valence-corrected chi connectivity index (χ2v) is 4.83. The molecule has 1 aromatic rings. The molecule has 0 unspecified atom stereocenters. The Morgan fingerprint density at radius 3 is 2.79 bits per heavy atom. The average molecular weight is 266 g/mol. The van der Waals surface area contributed by atoms with Gasteiger partial charge >= 0.3 is 0 Å². The molecule has 4 nitrogen and oxygen atoms in total. The van der Waals surface area contributed by atoms with Crippen molar-refractivity contribution in [3.63, 3.8) is 0 Å². The van der Waals surface area contributed by atoms with E-state index in [1.807, 2.05) is 0 Å². The van der Waals surface area contributed by atoms with E-state index in [2.05, 4.69) is 10.6 Å². The van der Waals surface area contributed by atoms with E-state index in [0.717, 1.165) is 25.9 Å². The molecule has 2 rings (SSSR count). The van der Waals surface area contributed by atoms with Gasteiger partial charge in [-0.3, -0.25) is 4.79 Å². The second-order valence-electron chi connectivity index (χ2n) is 4.83. The van der Waals surface area contributed by atoms with Gasteiger partial charge in [-0.1, -0.05) is 12.1 Å². The van der Waals surface area contributed by atoms with Gasteiger partial charge in [-0.25, -0.2) is 4.39 Å².